The van der Waals surface area contributed by atoms with Gasteiger partial charge in [0.1, 0.15) is 0 Å². The molecule has 1 aromatic heterocycles. The Balaban J connectivity index is 1.89. The third-order valence-electron chi connectivity index (χ3n) is 5.92. The predicted molar refractivity (Wildman–Crippen MR) is 140 cm³/mol. The Bertz CT molecular complexity index is 1370. The van der Waals surface area contributed by atoms with Crippen molar-refractivity contribution in [3.8, 4) is 0 Å². The highest BCUT2D eigenvalue weighted by Crippen LogP contribution is 2.33. The minimum atomic E-state index is -3.35. The summed E-state index contributed by atoms with van der Waals surface area (Å²) in [6.45, 7) is 3.44. The number of ketones is 1. The molecule has 192 valence electrons. The van der Waals surface area contributed by atoms with Gasteiger partial charge in [-0.25, -0.2) is 8.42 Å². The lowest BCUT2D eigenvalue weighted by molar-refractivity contribution is 0.0662. The zero-order valence-electron chi connectivity index (χ0n) is 20.6. The van der Waals surface area contributed by atoms with Crippen LogP contribution in [0, 0.1) is 6.92 Å². The molecule has 7 nitrogen and oxygen atoms in total. The quantitative estimate of drug-likeness (QED) is 0.256. The molecule has 0 aliphatic rings. The van der Waals surface area contributed by atoms with Gasteiger partial charge in [0.05, 0.1) is 24.7 Å². The smallest absolute Gasteiger partial charge is 0.250 e. The zero-order valence-corrected chi connectivity index (χ0v) is 22.1. The summed E-state index contributed by atoms with van der Waals surface area (Å²) in [5, 5.41) is 0.591. The van der Waals surface area contributed by atoms with E-state index in [1.165, 1.54) is 16.7 Å². The number of Topliss-reactive ketones (excluding diaryl/α,β-unsaturated/α-hetero) is 1. The van der Waals surface area contributed by atoms with E-state index in [1.54, 1.807) is 43.6 Å². The van der Waals surface area contributed by atoms with Crippen LogP contribution in [-0.4, -0.2) is 52.0 Å². The van der Waals surface area contributed by atoms with Crippen LogP contribution in [0.2, 0.25) is 5.02 Å². The first-order chi connectivity index (χ1) is 17.1. The van der Waals surface area contributed by atoms with Gasteiger partial charge in [-0.2, -0.15) is 0 Å². The number of aryl methyl sites for hydroxylation is 1. The van der Waals surface area contributed by atoms with Gasteiger partial charge in [0.2, 0.25) is 0 Å². The zero-order chi connectivity index (χ0) is 26.3. The van der Waals surface area contributed by atoms with E-state index in [-0.39, 0.29) is 28.6 Å². The molecule has 1 atom stereocenters. The first-order valence-electron chi connectivity index (χ1n) is 11.5. The first-order valence-corrected chi connectivity index (χ1v) is 13.7. The van der Waals surface area contributed by atoms with Crippen LogP contribution in [0.1, 0.15) is 39.4 Å². The average Bonchev–Trinajstić information content (AvgIpc) is 2.83. The van der Waals surface area contributed by atoms with Crippen LogP contribution >= 0.6 is 11.6 Å². The van der Waals surface area contributed by atoms with Crippen molar-refractivity contribution in [3.05, 3.63) is 98.4 Å². The summed E-state index contributed by atoms with van der Waals surface area (Å²) in [5.74, 6) is -0.475. The van der Waals surface area contributed by atoms with E-state index in [9.17, 15) is 18.0 Å². The molecule has 0 fully saturated rings. The third kappa shape index (κ3) is 7.36. The van der Waals surface area contributed by atoms with Crippen molar-refractivity contribution in [2.45, 2.75) is 30.7 Å². The molecular formula is C27H30ClNO6S. The van der Waals surface area contributed by atoms with Gasteiger partial charge in [0.15, 0.2) is 15.6 Å². The lowest BCUT2D eigenvalue weighted by atomic mass is 9.84. The molecule has 36 heavy (non-hydrogen) atoms. The number of benzene rings is 2. The summed E-state index contributed by atoms with van der Waals surface area (Å²) in [6.07, 6.45) is 2.84. The van der Waals surface area contributed by atoms with Crippen molar-refractivity contribution in [1.29, 1.82) is 0 Å². The van der Waals surface area contributed by atoms with E-state index in [0.717, 1.165) is 22.9 Å². The van der Waals surface area contributed by atoms with E-state index in [1.807, 2.05) is 19.1 Å². The van der Waals surface area contributed by atoms with Crippen molar-refractivity contribution in [2.24, 2.45) is 0 Å². The maximum atomic E-state index is 13.4. The van der Waals surface area contributed by atoms with Crippen LogP contribution in [0.4, 0.5) is 0 Å². The molecule has 1 heterocycles. The van der Waals surface area contributed by atoms with Crippen LogP contribution < -0.4 is 5.56 Å². The van der Waals surface area contributed by atoms with Gasteiger partial charge >= 0.3 is 0 Å². The Labute approximate surface area is 216 Å². The number of aromatic nitrogens is 1. The maximum Gasteiger partial charge on any atom is 0.250 e. The van der Waals surface area contributed by atoms with Crippen LogP contribution in [0.5, 0.6) is 0 Å². The SMILES string of the molecule is COCCOCCn1cc(C(=O)CC(c2ccc(S(C)(=O)=O)cc2)c2ccc(Cl)cc2C)ccc1=O. The minimum absolute atomic E-state index is 0.128. The number of methoxy groups -OCH3 is 1. The Morgan fingerprint density at radius 2 is 1.75 bits per heavy atom. The molecule has 0 radical (unpaired) electrons. The Morgan fingerprint density at radius 1 is 1.03 bits per heavy atom. The Kier molecular flexibility index (Phi) is 9.62. The number of carbonyl (C=O) groups is 1. The highest BCUT2D eigenvalue weighted by atomic mass is 35.5. The van der Waals surface area contributed by atoms with Gasteiger partial charge in [0.25, 0.3) is 5.56 Å². The number of ether oxygens (including phenoxy) is 2. The molecule has 0 N–H and O–H groups in total. The number of rotatable bonds is 12. The van der Waals surface area contributed by atoms with Gasteiger partial charge in [0, 0.05) is 55.1 Å². The number of halogens is 1. The van der Waals surface area contributed by atoms with Crippen molar-refractivity contribution in [1.82, 2.24) is 4.57 Å². The molecular weight excluding hydrogens is 502 g/mol. The number of pyridine rings is 1. The van der Waals surface area contributed by atoms with E-state index in [4.69, 9.17) is 21.1 Å². The minimum Gasteiger partial charge on any atom is -0.382 e. The second kappa shape index (κ2) is 12.5. The number of hydrogen-bond donors (Lipinski definition) is 0. The molecule has 0 aliphatic carbocycles. The summed E-state index contributed by atoms with van der Waals surface area (Å²) in [5.41, 5.74) is 2.84. The standard InChI is InChI=1S/C27H30ClNO6S/c1-19-16-22(28)7-10-24(19)25(20-4-8-23(9-5-20)36(3,32)33)17-26(30)21-6-11-27(31)29(18-21)12-13-35-15-14-34-2/h4-11,16,18,25H,12-15,17H2,1-3H3. The number of hydrogen-bond acceptors (Lipinski definition) is 6. The summed E-state index contributed by atoms with van der Waals surface area (Å²) < 4.78 is 35.7. The molecule has 0 bridgehead atoms. The van der Waals surface area contributed by atoms with Gasteiger partial charge in [-0.3, -0.25) is 9.59 Å². The van der Waals surface area contributed by atoms with Crippen molar-refractivity contribution >= 4 is 27.2 Å². The van der Waals surface area contributed by atoms with E-state index < -0.39 is 9.84 Å². The second-order valence-corrected chi connectivity index (χ2v) is 11.0. The molecule has 3 rings (SSSR count). The molecule has 0 saturated heterocycles. The molecule has 2 aromatic carbocycles. The Morgan fingerprint density at radius 3 is 2.39 bits per heavy atom. The fourth-order valence-corrected chi connectivity index (χ4v) is 4.82. The van der Waals surface area contributed by atoms with Gasteiger partial charge in [-0.05, 0) is 53.9 Å². The predicted octanol–water partition coefficient (Wildman–Crippen LogP) is 4.28. The lowest BCUT2D eigenvalue weighted by Gasteiger charge is -2.20. The summed E-state index contributed by atoms with van der Waals surface area (Å²) in [7, 11) is -1.76. The molecule has 0 saturated carbocycles. The summed E-state index contributed by atoms with van der Waals surface area (Å²) >= 11 is 6.16. The molecule has 0 aliphatic heterocycles. The molecule has 3 aromatic rings. The molecule has 1 unspecified atom stereocenters. The Hall–Kier alpha value is -2.78. The van der Waals surface area contributed by atoms with Gasteiger partial charge < -0.3 is 14.0 Å². The third-order valence-corrected chi connectivity index (χ3v) is 7.28. The number of nitrogens with zero attached hydrogens (tertiary/aromatic N) is 1. The topological polar surface area (TPSA) is 91.7 Å². The fraction of sp³-hybridized carbons (Fsp3) is 0.333. The van der Waals surface area contributed by atoms with Crippen molar-refractivity contribution in [3.63, 3.8) is 0 Å². The van der Waals surface area contributed by atoms with Crippen LogP contribution in [0.15, 0.2) is 70.5 Å². The van der Waals surface area contributed by atoms with Crippen LogP contribution in [0.3, 0.4) is 0 Å². The molecule has 0 spiro atoms. The van der Waals surface area contributed by atoms with Gasteiger partial charge in [-0.1, -0.05) is 29.8 Å². The largest absolute Gasteiger partial charge is 0.382 e. The summed E-state index contributed by atoms with van der Waals surface area (Å²) in [4.78, 5) is 25.9. The second-order valence-electron chi connectivity index (χ2n) is 8.58. The monoisotopic (exact) mass is 531 g/mol. The first kappa shape index (κ1) is 27.8. The molecule has 9 heteroatoms. The molecule has 0 amide bonds. The summed E-state index contributed by atoms with van der Waals surface area (Å²) in [6, 6.07) is 15.0. The van der Waals surface area contributed by atoms with Gasteiger partial charge in [-0.15, -0.1) is 0 Å². The lowest BCUT2D eigenvalue weighted by Crippen LogP contribution is -2.23. The van der Waals surface area contributed by atoms with Crippen molar-refractivity contribution < 1.29 is 22.7 Å². The average molecular weight is 532 g/mol. The van der Waals surface area contributed by atoms with Crippen LogP contribution in [-0.2, 0) is 25.9 Å². The highest BCUT2D eigenvalue weighted by Gasteiger charge is 2.22. The number of carbonyl (C=O) groups excluding carboxylic acids is 1. The van der Waals surface area contributed by atoms with E-state index in [2.05, 4.69) is 0 Å². The van der Waals surface area contributed by atoms with E-state index >= 15 is 0 Å². The van der Waals surface area contributed by atoms with Crippen molar-refractivity contribution in [2.75, 3.05) is 33.2 Å². The fourth-order valence-electron chi connectivity index (χ4n) is 3.97. The normalized spacial score (nSPS) is 12.4. The van der Waals surface area contributed by atoms with E-state index in [0.29, 0.717) is 37.0 Å². The van der Waals surface area contributed by atoms with Crippen LogP contribution in [0.25, 0.3) is 0 Å². The highest BCUT2D eigenvalue weighted by molar-refractivity contribution is 7.90. The number of sulfone groups is 1. The maximum absolute atomic E-state index is 13.4.